The number of amides is 1. The Bertz CT molecular complexity index is 490. The third-order valence-corrected chi connectivity index (χ3v) is 2.97. The zero-order valence-electron chi connectivity index (χ0n) is 18.8. The second kappa shape index (κ2) is 16.8. The number of hydrogen-bond acceptors (Lipinski definition) is 5. The van der Waals surface area contributed by atoms with E-state index in [-0.39, 0.29) is 12.4 Å². The van der Waals surface area contributed by atoms with Gasteiger partial charge in [-0.15, -0.1) is 0 Å². The zero-order valence-corrected chi connectivity index (χ0v) is 19.7. The molecule has 5 nitrogen and oxygen atoms in total. The van der Waals surface area contributed by atoms with E-state index < -0.39 is 17.7 Å². The van der Waals surface area contributed by atoms with E-state index in [1.807, 2.05) is 53.7 Å². The second-order valence-electron chi connectivity index (χ2n) is 6.31. The predicted molar refractivity (Wildman–Crippen MR) is 119 cm³/mol. The molecule has 0 aliphatic heterocycles. The molecule has 0 radical (unpaired) electrons. The number of phenolic OH excluding ortho intramolecular Hbond substituents is 1. The predicted octanol–water partition coefficient (Wildman–Crippen LogP) is 5.04. The lowest BCUT2D eigenvalue weighted by Crippen LogP contribution is -2.42. The molecule has 0 spiro atoms. The maximum Gasteiger partial charge on any atom is 0.407 e. The fourth-order valence-corrected chi connectivity index (χ4v) is 2.08. The Kier molecular flexibility index (Phi) is 18.8. The molecule has 6 heteroatoms. The molecule has 0 saturated carbocycles. The number of phenols is 1. The average Bonchev–Trinajstić information content (AvgIpc) is 2.62. The summed E-state index contributed by atoms with van der Waals surface area (Å²) in [6.07, 6.45) is 1.62. The number of ether oxygens (including phenoxy) is 1. The molecule has 1 rings (SSSR count). The van der Waals surface area contributed by atoms with Crippen molar-refractivity contribution in [3.8, 4) is 5.75 Å². The molecular weight excluding hydrogens is 362 g/mol. The van der Waals surface area contributed by atoms with Crippen molar-refractivity contribution in [2.24, 2.45) is 0 Å². The fourth-order valence-electron chi connectivity index (χ4n) is 2.08. The van der Waals surface area contributed by atoms with Crippen LogP contribution in [0.15, 0.2) is 12.1 Å². The van der Waals surface area contributed by atoms with E-state index in [0.717, 1.165) is 16.7 Å². The van der Waals surface area contributed by atoms with Crippen LogP contribution >= 0.6 is 12.6 Å². The quantitative estimate of drug-likeness (QED) is 0.531. The summed E-state index contributed by atoms with van der Waals surface area (Å²) in [5, 5.41) is 21.8. The van der Waals surface area contributed by atoms with E-state index in [2.05, 4.69) is 17.9 Å². The van der Waals surface area contributed by atoms with Crippen LogP contribution in [0.1, 0.15) is 65.2 Å². The minimum absolute atomic E-state index is 0.182. The molecule has 0 aromatic heterocycles. The minimum atomic E-state index is -0.574. The number of aromatic hydroxyl groups is 1. The Hall–Kier alpha value is -1.40. The topological polar surface area (TPSA) is 78.8 Å². The van der Waals surface area contributed by atoms with E-state index in [1.54, 1.807) is 27.0 Å². The lowest BCUT2D eigenvalue weighted by molar-refractivity contribution is 0.0483. The minimum Gasteiger partial charge on any atom is -0.507 e. The smallest absolute Gasteiger partial charge is 0.407 e. The summed E-state index contributed by atoms with van der Waals surface area (Å²) in [6.45, 7) is 16.8. The van der Waals surface area contributed by atoms with Crippen molar-refractivity contribution in [1.82, 2.24) is 5.32 Å². The molecular formula is C21H41NO4S. The van der Waals surface area contributed by atoms with Gasteiger partial charge in [-0.05, 0) is 64.0 Å². The van der Waals surface area contributed by atoms with E-state index in [0.29, 0.717) is 6.42 Å². The van der Waals surface area contributed by atoms with Gasteiger partial charge in [0.2, 0.25) is 0 Å². The Labute approximate surface area is 171 Å². The fraction of sp³-hybridized carbons (Fsp3) is 0.667. The van der Waals surface area contributed by atoms with Crippen LogP contribution < -0.4 is 5.32 Å². The number of aryl methyl sites for hydroxylation is 2. The van der Waals surface area contributed by atoms with Crippen molar-refractivity contribution in [3.63, 3.8) is 0 Å². The molecule has 160 valence electrons. The Morgan fingerprint density at radius 1 is 1.11 bits per heavy atom. The highest BCUT2D eigenvalue weighted by molar-refractivity contribution is 7.79. The first kappa shape index (κ1) is 30.3. The third-order valence-electron chi connectivity index (χ3n) is 2.97. The van der Waals surface area contributed by atoms with E-state index in [9.17, 15) is 15.0 Å². The summed E-state index contributed by atoms with van der Waals surface area (Å²) in [6, 6.07) is 3.27. The third kappa shape index (κ3) is 14.3. The number of carbonyl (C=O) groups excluding carboxylic acids is 1. The maximum absolute atomic E-state index is 11.7. The van der Waals surface area contributed by atoms with E-state index in [4.69, 9.17) is 4.74 Å². The van der Waals surface area contributed by atoms with Gasteiger partial charge in [-0.2, -0.15) is 12.6 Å². The molecule has 0 saturated heterocycles. The van der Waals surface area contributed by atoms with E-state index in [1.165, 1.54) is 0 Å². The van der Waals surface area contributed by atoms with Crippen molar-refractivity contribution in [1.29, 1.82) is 0 Å². The van der Waals surface area contributed by atoms with Gasteiger partial charge in [0.1, 0.15) is 11.4 Å². The van der Waals surface area contributed by atoms with Crippen molar-refractivity contribution < 1.29 is 19.7 Å². The lowest BCUT2D eigenvalue weighted by atomic mass is 10.0. The number of alkyl carbamates (subject to hydrolysis) is 1. The largest absolute Gasteiger partial charge is 0.507 e. The van der Waals surface area contributed by atoms with Crippen LogP contribution in [0.3, 0.4) is 0 Å². The maximum atomic E-state index is 11.7. The molecule has 0 fully saturated rings. The first-order chi connectivity index (χ1) is 12.6. The van der Waals surface area contributed by atoms with Crippen molar-refractivity contribution in [2.45, 2.75) is 80.4 Å². The Morgan fingerprint density at radius 2 is 1.52 bits per heavy atom. The van der Waals surface area contributed by atoms with Crippen molar-refractivity contribution >= 4 is 18.7 Å². The van der Waals surface area contributed by atoms with Crippen LogP contribution in [0.2, 0.25) is 0 Å². The molecule has 1 amide bonds. The van der Waals surface area contributed by atoms with Gasteiger partial charge in [-0.1, -0.05) is 39.8 Å². The summed E-state index contributed by atoms with van der Waals surface area (Å²) < 4.78 is 5.17. The van der Waals surface area contributed by atoms with Crippen LogP contribution in [0.5, 0.6) is 5.75 Å². The van der Waals surface area contributed by atoms with Crippen LogP contribution in [-0.4, -0.2) is 40.8 Å². The van der Waals surface area contributed by atoms with Crippen LogP contribution in [0.4, 0.5) is 4.79 Å². The van der Waals surface area contributed by atoms with Gasteiger partial charge in [-0.25, -0.2) is 4.79 Å². The van der Waals surface area contributed by atoms with Crippen molar-refractivity contribution in [3.05, 3.63) is 28.8 Å². The first-order valence-electron chi connectivity index (χ1n) is 9.46. The molecule has 0 heterocycles. The molecule has 3 N–H and O–H groups in total. The number of benzene rings is 1. The molecule has 1 aromatic carbocycles. The summed E-state index contributed by atoms with van der Waals surface area (Å²) in [5.41, 5.74) is 1.92. The first-order valence-corrected chi connectivity index (χ1v) is 10.4. The summed E-state index contributed by atoms with van der Waals surface area (Å²) in [4.78, 5) is 11.7. The van der Waals surface area contributed by atoms with Crippen LogP contribution in [0.25, 0.3) is 0 Å². The summed E-state index contributed by atoms with van der Waals surface area (Å²) in [7, 11) is 0. The molecule has 1 unspecified atom stereocenters. The highest BCUT2D eigenvalue weighted by Crippen LogP contribution is 2.23. The van der Waals surface area contributed by atoms with Crippen LogP contribution in [0, 0.1) is 13.8 Å². The summed E-state index contributed by atoms with van der Waals surface area (Å²) in [5.74, 6) is 0.277. The highest BCUT2D eigenvalue weighted by atomic mass is 32.1. The highest BCUT2D eigenvalue weighted by Gasteiger charge is 2.19. The number of nitrogens with one attached hydrogen (secondary N) is 1. The number of rotatable bonds is 4. The number of hydrogen-bond donors (Lipinski definition) is 4. The number of aliphatic hydroxyl groups excluding tert-OH is 1. The van der Waals surface area contributed by atoms with Gasteiger partial charge in [0.25, 0.3) is 0 Å². The van der Waals surface area contributed by atoms with Gasteiger partial charge in [0, 0.05) is 0 Å². The Morgan fingerprint density at radius 3 is 1.85 bits per heavy atom. The SMILES string of the molecule is CC.CC.CS.Cc1cc(CC(CO)NC(=O)OC(C)(C)C)cc(C)c1O. The molecule has 0 aliphatic rings. The Balaban J connectivity index is -0.000000869. The van der Waals surface area contributed by atoms with E-state index >= 15 is 0 Å². The second-order valence-corrected chi connectivity index (χ2v) is 6.31. The molecule has 27 heavy (non-hydrogen) atoms. The van der Waals surface area contributed by atoms with Crippen molar-refractivity contribution in [2.75, 3.05) is 12.9 Å². The lowest BCUT2D eigenvalue weighted by Gasteiger charge is -2.23. The average molecular weight is 404 g/mol. The van der Waals surface area contributed by atoms with Gasteiger partial charge in [0.15, 0.2) is 0 Å². The zero-order chi connectivity index (χ0) is 22.2. The van der Waals surface area contributed by atoms with Gasteiger partial charge < -0.3 is 20.3 Å². The normalized spacial score (nSPS) is 10.7. The molecule has 1 atom stereocenters. The van der Waals surface area contributed by atoms with Gasteiger partial charge >= 0.3 is 6.09 Å². The number of thiol groups is 1. The molecule has 0 aliphatic carbocycles. The van der Waals surface area contributed by atoms with Gasteiger partial charge in [-0.3, -0.25) is 0 Å². The number of aliphatic hydroxyl groups is 1. The molecule has 1 aromatic rings. The standard InChI is InChI=1S/C16H25NO4.2C2H6.CH4S/c1-10-6-12(7-11(2)14(10)19)8-13(9-18)17-15(20)21-16(3,4)5;3*1-2/h6-7,13,18-19H,8-9H2,1-5H3,(H,17,20);2*1-2H3;2H,1H3. The van der Waals surface area contributed by atoms with Crippen LogP contribution in [-0.2, 0) is 11.2 Å². The number of carbonyl (C=O) groups is 1. The van der Waals surface area contributed by atoms with Gasteiger partial charge in [0.05, 0.1) is 12.6 Å². The summed E-state index contributed by atoms with van der Waals surface area (Å²) >= 11 is 3.53. The molecule has 0 bridgehead atoms. The monoisotopic (exact) mass is 403 g/mol.